The Labute approximate surface area is 206 Å². The number of nitrogens with zero attached hydrogens (tertiary/aromatic N) is 4. The van der Waals surface area contributed by atoms with Crippen LogP contribution in [-0.4, -0.2) is 60.0 Å². The number of hydrogen-bond acceptors (Lipinski definition) is 7. The molecule has 182 valence electrons. The summed E-state index contributed by atoms with van der Waals surface area (Å²) in [5.74, 6) is 0.420. The zero-order valence-corrected chi connectivity index (χ0v) is 20.2. The molecule has 2 fully saturated rings. The van der Waals surface area contributed by atoms with Crippen LogP contribution < -0.4 is 21.3 Å². The Hall–Kier alpha value is -3.65. The highest BCUT2D eigenvalue weighted by molar-refractivity contribution is 5.95. The van der Waals surface area contributed by atoms with E-state index in [2.05, 4.69) is 49.6 Å². The number of aromatic nitrogens is 2. The molecule has 0 radical (unpaired) electrons. The highest BCUT2D eigenvalue weighted by Gasteiger charge is 2.19. The van der Waals surface area contributed by atoms with Gasteiger partial charge in [0.05, 0.1) is 17.1 Å². The van der Waals surface area contributed by atoms with E-state index in [0.717, 1.165) is 67.3 Å². The smallest absolute Gasteiger partial charge is 0.251 e. The zero-order chi connectivity index (χ0) is 24.2. The number of nitrogens with one attached hydrogen (secondary N) is 2. The molecule has 2 aromatic carbocycles. The molecule has 0 atom stereocenters. The quantitative estimate of drug-likeness (QED) is 0.469. The molecular formula is C27H33N7O. The van der Waals surface area contributed by atoms with E-state index in [4.69, 9.17) is 5.73 Å². The Morgan fingerprint density at radius 2 is 1.83 bits per heavy atom. The summed E-state index contributed by atoms with van der Waals surface area (Å²) in [5, 5.41) is 6.41. The standard InChI is InChI=1S/C27H33N7O/c1-33-15-10-21(11-16-33)30-26(35)20-5-4-6-22(17-20)31-27-29-12-9-24(32-27)19-7-8-25(23(28)18-19)34-13-2-3-14-34/h4-9,12,17-18,21H,2-3,10-11,13-16,28H2,1H3,(H,30,35)(H,29,31,32). The fourth-order valence-corrected chi connectivity index (χ4v) is 4.83. The van der Waals surface area contributed by atoms with Gasteiger partial charge < -0.3 is 26.2 Å². The van der Waals surface area contributed by atoms with Crippen molar-refractivity contribution in [3.05, 3.63) is 60.3 Å². The molecule has 8 nitrogen and oxygen atoms in total. The first-order valence-corrected chi connectivity index (χ1v) is 12.4. The van der Waals surface area contributed by atoms with Crippen molar-refractivity contribution in [2.75, 3.05) is 49.2 Å². The minimum atomic E-state index is -0.0496. The first kappa shape index (κ1) is 23.1. The molecule has 1 aromatic heterocycles. The Bertz CT molecular complexity index is 1180. The SMILES string of the molecule is CN1CCC(NC(=O)c2cccc(Nc3nccc(-c4ccc(N5CCCC5)c(N)c4)n3)c2)CC1. The summed E-state index contributed by atoms with van der Waals surface area (Å²) >= 11 is 0. The number of hydrogen-bond donors (Lipinski definition) is 3. The van der Waals surface area contributed by atoms with Crippen LogP contribution in [0.15, 0.2) is 54.7 Å². The second-order valence-corrected chi connectivity index (χ2v) is 9.49. The Morgan fingerprint density at radius 1 is 1.03 bits per heavy atom. The van der Waals surface area contributed by atoms with Crippen LogP contribution in [0.5, 0.6) is 0 Å². The average Bonchev–Trinajstić information content (AvgIpc) is 3.40. The van der Waals surface area contributed by atoms with E-state index >= 15 is 0 Å². The lowest BCUT2D eigenvalue weighted by Gasteiger charge is -2.29. The van der Waals surface area contributed by atoms with Crippen molar-refractivity contribution in [3.63, 3.8) is 0 Å². The molecule has 0 aliphatic carbocycles. The number of nitrogens with two attached hydrogens (primary N) is 1. The molecule has 0 saturated carbocycles. The molecule has 1 amide bonds. The monoisotopic (exact) mass is 471 g/mol. The third-order valence-corrected chi connectivity index (χ3v) is 6.86. The second-order valence-electron chi connectivity index (χ2n) is 9.49. The van der Waals surface area contributed by atoms with Crippen molar-refractivity contribution in [2.24, 2.45) is 0 Å². The van der Waals surface area contributed by atoms with Gasteiger partial charge in [0, 0.05) is 42.1 Å². The minimum absolute atomic E-state index is 0.0496. The maximum atomic E-state index is 12.8. The first-order valence-electron chi connectivity index (χ1n) is 12.4. The highest BCUT2D eigenvalue weighted by Crippen LogP contribution is 2.31. The average molecular weight is 472 g/mol. The minimum Gasteiger partial charge on any atom is -0.397 e. The van der Waals surface area contributed by atoms with Crippen LogP contribution in [0.4, 0.5) is 23.0 Å². The van der Waals surface area contributed by atoms with Crippen molar-refractivity contribution in [1.82, 2.24) is 20.2 Å². The van der Waals surface area contributed by atoms with Gasteiger partial charge in [-0.15, -0.1) is 0 Å². The normalized spacial score (nSPS) is 16.9. The van der Waals surface area contributed by atoms with Gasteiger partial charge in [0.15, 0.2) is 0 Å². The molecule has 2 saturated heterocycles. The molecular weight excluding hydrogens is 438 g/mol. The van der Waals surface area contributed by atoms with Gasteiger partial charge in [-0.05, 0) is 82.2 Å². The summed E-state index contributed by atoms with van der Waals surface area (Å²) < 4.78 is 0. The van der Waals surface area contributed by atoms with Crippen molar-refractivity contribution < 1.29 is 4.79 Å². The largest absolute Gasteiger partial charge is 0.397 e. The lowest BCUT2D eigenvalue weighted by atomic mass is 10.0. The molecule has 2 aliphatic rings. The van der Waals surface area contributed by atoms with Crippen LogP contribution in [0.25, 0.3) is 11.3 Å². The molecule has 3 aromatic rings. The molecule has 0 unspecified atom stereocenters. The number of piperidine rings is 1. The summed E-state index contributed by atoms with van der Waals surface area (Å²) in [6.07, 6.45) is 6.10. The van der Waals surface area contributed by atoms with Crippen LogP contribution in [0, 0.1) is 0 Å². The third kappa shape index (κ3) is 5.54. The van der Waals surface area contributed by atoms with Crippen LogP contribution >= 0.6 is 0 Å². The highest BCUT2D eigenvalue weighted by atomic mass is 16.1. The molecule has 0 spiro atoms. The fourth-order valence-electron chi connectivity index (χ4n) is 4.83. The van der Waals surface area contributed by atoms with E-state index in [1.54, 1.807) is 6.20 Å². The maximum absolute atomic E-state index is 12.8. The Balaban J connectivity index is 1.27. The number of nitrogen functional groups attached to an aromatic ring is 1. The zero-order valence-electron chi connectivity index (χ0n) is 20.2. The van der Waals surface area contributed by atoms with E-state index in [9.17, 15) is 4.79 Å². The Morgan fingerprint density at radius 3 is 2.60 bits per heavy atom. The number of amides is 1. The Kier molecular flexibility index (Phi) is 6.81. The summed E-state index contributed by atoms with van der Waals surface area (Å²) in [6, 6.07) is 15.7. The molecule has 2 aliphatic heterocycles. The van der Waals surface area contributed by atoms with Gasteiger partial charge in [-0.1, -0.05) is 12.1 Å². The number of rotatable bonds is 6. The van der Waals surface area contributed by atoms with Crippen LogP contribution in [0.1, 0.15) is 36.0 Å². The van der Waals surface area contributed by atoms with E-state index in [-0.39, 0.29) is 11.9 Å². The number of likely N-dealkylation sites (tertiary alicyclic amines) is 1. The van der Waals surface area contributed by atoms with Gasteiger partial charge in [0.1, 0.15) is 0 Å². The molecule has 4 N–H and O–H groups in total. The predicted octanol–water partition coefficient (Wildman–Crippen LogP) is 3.89. The first-order chi connectivity index (χ1) is 17.0. The van der Waals surface area contributed by atoms with Crippen LogP contribution in [-0.2, 0) is 0 Å². The van der Waals surface area contributed by atoms with E-state index in [0.29, 0.717) is 11.5 Å². The van der Waals surface area contributed by atoms with Gasteiger partial charge in [-0.2, -0.15) is 0 Å². The van der Waals surface area contributed by atoms with Crippen molar-refractivity contribution in [2.45, 2.75) is 31.7 Å². The molecule has 35 heavy (non-hydrogen) atoms. The van der Waals surface area contributed by atoms with E-state index in [1.165, 1.54) is 12.8 Å². The summed E-state index contributed by atoms with van der Waals surface area (Å²) in [4.78, 5) is 26.5. The molecule has 3 heterocycles. The van der Waals surface area contributed by atoms with Gasteiger partial charge in [-0.25, -0.2) is 9.97 Å². The maximum Gasteiger partial charge on any atom is 0.251 e. The molecule has 5 rings (SSSR count). The molecule has 0 bridgehead atoms. The summed E-state index contributed by atoms with van der Waals surface area (Å²) in [7, 11) is 2.11. The van der Waals surface area contributed by atoms with Gasteiger partial charge >= 0.3 is 0 Å². The van der Waals surface area contributed by atoms with Gasteiger partial charge in [0.25, 0.3) is 5.91 Å². The second kappa shape index (κ2) is 10.3. The van der Waals surface area contributed by atoms with Gasteiger partial charge in [-0.3, -0.25) is 4.79 Å². The summed E-state index contributed by atoms with van der Waals surface area (Å²) in [6.45, 7) is 4.13. The van der Waals surface area contributed by atoms with E-state index in [1.807, 2.05) is 36.4 Å². The van der Waals surface area contributed by atoms with E-state index < -0.39 is 0 Å². The lowest BCUT2D eigenvalue weighted by Crippen LogP contribution is -2.43. The predicted molar refractivity (Wildman–Crippen MR) is 141 cm³/mol. The molecule has 8 heteroatoms. The van der Waals surface area contributed by atoms with Crippen molar-refractivity contribution in [3.8, 4) is 11.3 Å². The van der Waals surface area contributed by atoms with Crippen LogP contribution in [0.3, 0.4) is 0 Å². The number of carbonyl (C=O) groups excluding carboxylic acids is 1. The topological polar surface area (TPSA) is 99.4 Å². The van der Waals surface area contributed by atoms with Crippen LogP contribution in [0.2, 0.25) is 0 Å². The number of carbonyl (C=O) groups is 1. The number of benzene rings is 2. The lowest BCUT2D eigenvalue weighted by molar-refractivity contribution is 0.0917. The number of anilines is 4. The van der Waals surface area contributed by atoms with Crippen molar-refractivity contribution >= 4 is 28.9 Å². The third-order valence-electron chi connectivity index (χ3n) is 6.86. The van der Waals surface area contributed by atoms with Crippen molar-refractivity contribution in [1.29, 1.82) is 0 Å². The fraction of sp³-hybridized carbons (Fsp3) is 0.370. The summed E-state index contributed by atoms with van der Waals surface area (Å²) in [5.41, 5.74) is 11.4. The van der Waals surface area contributed by atoms with Gasteiger partial charge in [0.2, 0.25) is 5.95 Å².